The zero-order chi connectivity index (χ0) is 18.1. The molecule has 132 valence electrons. The monoisotopic (exact) mass is 347 g/mol. The lowest BCUT2D eigenvalue weighted by atomic mass is 10.1. The van der Waals surface area contributed by atoms with Crippen molar-refractivity contribution in [2.45, 2.75) is 32.4 Å². The number of aromatic nitrogens is 3. The molecule has 1 aromatic carbocycles. The largest absolute Gasteiger partial charge is 0.335 e. The van der Waals surface area contributed by atoms with Crippen LogP contribution in [0.4, 0.5) is 0 Å². The van der Waals surface area contributed by atoms with Crippen LogP contribution in [0.1, 0.15) is 34.9 Å². The average molecular weight is 347 g/mol. The van der Waals surface area contributed by atoms with Crippen LogP contribution in [0.5, 0.6) is 0 Å². The molecule has 0 bridgehead atoms. The van der Waals surface area contributed by atoms with Gasteiger partial charge < -0.3 is 9.47 Å². The van der Waals surface area contributed by atoms with Gasteiger partial charge in [-0.2, -0.15) is 10.4 Å². The van der Waals surface area contributed by atoms with Gasteiger partial charge in [0.1, 0.15) is 12.2 Å². The Kier molecular flexibility index (Phi) is 4.21. The summed E-state index contributed by atoms with van der Waals surface area (Å²) in [6.07, 6.45) is 5.86. The number of carbonyl (C=O) groups is 1. The summed E-state index contributed by atoms with van der Waals surface area (Å²) in [5.41, 5.74) is 2.64. The molecule has 4 rings (SSSR count). The Morgan fingerprint density at radius 3 is 3.00 bits per heavy atom. The van der Waals surface area contributed by atoms with E-state index < -0.39 is 0 Å². The van der Waals surface area contributed by atoms with E-state index in [-0.39, 0.29) is 18.5 Å². The maximum atomic E-state index is 13.2. The number of piperidine rings is 1. The molecular weight excluding hydrogens is 326 g/mol. The lowest BCUT2D eigenvalue weighted by Crippen LogP contribution is -2.41. The van der Waals surface area contributed by atoms with Crippen molar-refractivity contribution in [3.63, 3.8) is 0 Å². The van der Waals surface area contributed by atoms with Gasteiger partial charge in [-0.25, -0.2) is 0 Å². The van der Waals surface area contributed by atoms with Crippen LogP contribution in [0, 0.1) is 18.3 Å². The number of carbonyl (C=O) groups excluding carboxylic acids is 1. The minimum absolute atomic E-state index is 0.00923. The number of aryl methyl sites for hydroxylation is 1. The number of amides is 1. The van der Waals surface area contributed by atoms with E-state index in [1.54, 1.807) is 0 Å². The molecule has 3 aromatic rings. The Morgan fingerprint density at radius 2 is 2.23 bits per heavy atom. The first-order valence-corrected chi connectivity index (χ1v) is 8.92. The van der Waals surface area contributed by atoms with Gasteiger partial charge in [0.15, 0.2) is 0 Å². The van der Waals surface area contributed by atoms with Crippen LogP contribution in [0.3, 0.4) is 0 Å². The van der Waals surface area contributed by atoms with Gasteiger partial charge in [0.2, 0.25) is 0 Å². The van der Waals surface area contributed by atoms with Gasteiger partial charge in [0.25, 0.3) is 5.91 Å². The zero-order valence-electron chi connectivity index (χ0n) is 14.8. The van der Waals surface area contributed by atoms with Gasteiger partial charge in [-0.05, 0) is 37.5 Å². The Hall–Kier alpha value is -3.07. The number of benzene rings is 1. The van der Waals surface area contributed by atoms with Gasteiger partial charge in [-0.1, -0.05) is 18.2 Å². The summed E-state index contributed by atoms with van der Waals surface area (Å²) in [4.78, 5) is 15.1. The van der Waals surface area contributed by atoms with E-state index in [1.807, 2.05) is 63.8 Å². The standard InChI is InChI=1S/C20H21N5O/c1-15-12-22-25(13-15)17-6-4-9-23(14-17)20(26)19-11-16-5-2-3-7-18(16)24(19)10-8-21/h2-3,5,7,11-13,17H,4,6,9-10,14H2,1H3/t17-/m1/s1. The van der Waals surface area contributed by atoms with E-state index in [9.17, 15) is 10.1 Å². The van der Waals surface area contributed by atoms with E-state index in [4.69, 9.17) is 0 Å². The SMILES string of the molecule is Cc1cnn([C@@H]2CCCN(C(=O)c3cc4ccccc4n3CC#N)C2)c1. The quantitative estimate of drug-likeness (QED) is 0.731. The van der Waals surface area contributed by atoms with Crippen LogP contribution in [-0.2, 0) is 6.54 Å². The lowest BCUT2D eigenvalue weighted by molar-refractivity contribution is 0.0663. The lowest BCUT2D eigenvalue weighted by Gasteiger charge is -2.33. The van der Waals surface area contributed by atoms with E-state index in [1.165, 1.54) is 0 Å². The summed E-state index contributed by atoms with van der Waals surface area (Å²) >= 11 is 0. The number of hydrogen-bond acceptors (Lipinski definition) is 3. The Balaban J connectivity index is 1.64. The van der Waals surface area contributed by atoms with Crippen LogP contribution in [0.2, 0.25) is 0 Å². The predicted octanol–water partition coefficient (Wildman–Crippen LogP) is 3.15. The highest BCUT2D eigenvalue weighted by Gasteiger charge is 2.28. The summed E-state index contributed by atoms with van der Waals surface area (Å²) in [7, 11) is 0. The minimum Gasteiger partial charge on any atom is -0.335 e. The van der Waals surface area contributed by atoms with Gasteiger partial charge in [0, 0.05) is 30.2 Å². The number of fused-ring (bicyclic) bond motifs is 1. The molecule has 1 amide bonds. The maximum absolute atomic E-state index is 13.2. The van der Waals surface area contributed by atoms with Crippen molar-refractivity contribution in [1.82, 2.24) is 19.2 Å². The van der Waals surface area contributed by atoms with Crippen LogP contribution < -0.4 is 0 Å². The Bertz CT molecular complexity index is 993. The molecule has 0 saturated carbocycles. The third-order valence-electron chi connectivity index (χ3n) is 5.05. The fourth-order valence-electron chi connectivity index (χ4n) is 3.78. The molecule has 3 heterocycles. The van der Waals surface area contributed by atoms with Crippen molar-refractivity contribution in [1.29, 1.82) is 5.26 Å². The first kappa shape index (κ1) is 16.4. The molecule has 26 heavy (non-hydrogen) atoms. The topological polar surface area (TPSA) is 66.8 Å². The average Bonchev–Trinajstić information content (AvgIpc) is 3.26. The summed E-state index contributed by atoms with van der Waals surface area (Å²) in [5.74, 6) is -0.00923. The van der Waals surface area contributed by atoms with Crippen LogP contribution >= 0.6 is 0 Å². The molecule has 1 aliphatic heterocycles. The fourth-order valence-corrected chi connectivity index (χ4v) is 3.78. The molecule has 6 heteroatoms. The van der Waals surface area contributed by atoms with Crippen LogP contribution in [0.15, 0.2) is 42.7 Å². The van der Waals surface area contributed by atoms with E-state index in [0.717, 1.165) is 35.9 Å². The second kappa shape index (κ2) is 6.68. The number of nitrogens with zero attached hydrogens (tertiary/aromatic N) is 5. The molecule has 0 aliphatic carbocycles. The number of likely N-dealkylation sites (tertiary alicyclic amines) is 1. The number of nitriles is 1. The molecule has 1 atom stereocenters. The highest BCUT2D eigenvalue weighted by atomic mass is 16.2. The highest BCUT2D eigenvalue weighted by molar-refractivity contribution is 5.98. The normalized spacial score (nSPS) is 17.4. The van der Waals surface area contributed by atoms with Crippen LogP contribution in [0.25, 0.3) is 10.9 Å². The minimum atomic E-state index is -0.00923. The summed E-state index contributed by atoms with van der Waals surface area (Å²) in [6, 6.07) is 12.1. The Morgan fingerprint density at radius 1 is 1.38 bits per heavy atom. The molecule has 2 aromatic heterocycles. The zero-order valence-corrected chi connectivity index (χ0v) is 14.8. The molecule has 0 spiro atoms. The van der Waals surface area contributed by atoms with E-state index >= 15 is 0 Å². The first-order valence-electron chi connectivity index (χ1n) is 8.92. The molecule has 1 aliphatic rings. The van der Waals surface area contributed by atoms with E-state index in [0.29, 0.717) is 12.2 Å². The number of rotatable bonds is 3. The molecule has 1 fully saturated rings. The molecule has 0 radical (unpaired) electrons. The van der Waals surface area contributed by atoms with Gasteiger partial charge in [-0.3, -0.25) is 9.48 Å². The number of para-hydroxylation sites is 1. The highest BCUT2D eigenvalue weighted by Crippen LogP contribution is 2.25. The third-order valence-corrected chi connectivity index (χ3v) is 5.05. The summed E-state index contributed by atoms with van der Waals surface area (Å²) in [6.45, 7) is 3.58. The Labute approximate surface area is 152 Å². The van der Waals surface area contributed by atoms with Gasteiger partial charge in [-0.15, -0.1) is 0 Å². The molecular formula is C20H21N5O. The van der Waals surface area contributed by atoms with Crippen molar-refractivity contribution in [3.8, 4) is 6.07 Å². The molecule has 6 nitrogen and oxygen atoms in total. The fraction of sp³-hybridized carbons (Fsp3) is 0.350. The van der Waals surface area contributed by atoms with Crippen molar-refractivity contribution < 1.29 is 4.79 Å². The second-order valence-corrected chi connectivity index (χ2v) is 6.88. The molecule has 0 unspecified atom stereocenters. The molecule has 1 saturated heterocycles. The molecule has 0 N–H and O–H groups in total. The van der Waals surface area contributed by atoms with Crippen molar-refractivity contribution >= 4 is 16.8 Å². The van der Waals surface area contributed by atoms with Crippen molar-refractivity contribution in [2.75, 3.05) is 13.1 Å². The third kappa shape index (κ3) is 2.86. The van der Waals surface area contributed by atoms with E-state index in [2.05, 4.69) is 11.2 Å². The number of hydrogen-bond donors (Lipinski definition) is 0. The smallest absolute Gasteiger partial charge is 0.270 e. The van der Waals surface area contributed by atoms with Crippen LogP contribution in [-0.4, -0.2) is 38.2 Å². The maximum Gasteiger partial charge on any atom is 0.270 e. The summed E-state index contributed by atoms with van der Waals surface area (Å²) in [5, 5.41) is 14.6. The summed E-state index contributed by atoms with van der Waals surface area (Å²) < 4.78 is 3.79. The van der Waals surface area contributed by atoms with Gasteiger partial charge in [0.05, 0.1) is 18.3 Å². The second-order valence-electron chi connectivity index (χ2n) is 6.88. The van der Waals surface area contributed by atoms with Crippen molar-refractivity contribution in [2.24, 2.45) is 0 Å². The van der Waals surface area contributed by atoms with Crippen molar-refractivity contribution in [3.05, 3.63) is 54.0 Å². The predicted molar refractivity (Wildman–Crippen MR) is 98.7 cm³/mol. The van der Waals surface area contributed by atoms with Gasteiger partial charge >= 0.3 is 0 Å². The first-order chi connectivity index (χ1) is 12.7.